The largest absolute Gasteiger partial charge is 0.385 e. The van der Waals surface area contributed by atoms with E-state index in [1.54, 1.807) is 14.2 Å². The summed E-state index contributed by atoms with van der Waals surface area (Å²) in [5.74, 6) is -1.02. The number of aromatic nitrogens is 1. The van der Waals surface area contributed by atoms with Crippen LogP contribution < -0.4 is 10.6 Å². The first-order valence-corrected chi connectivity index (χ1v) is 5.30. The van der Waals surface area contributed by atoms with Gasteiger partial charge in [0.05, 0.1) is 5.56 Å². The number of nitrogens with zero attached hydrogens (tertiary/aromatic N) is 1. The third-order valence-electron chi connectivity index (χ3n) is 2.18. The van der Waals surface area contributed by atoms with E-state index in [1.165, 1.54) is 12.3 Å². The van der Waals surface area contributed by atoms with Crippen molar-refractivity contribution in [1.82, 2.24) is 10.3 Å². The number of carbonyl (C=O) groups excluding carboxylic acids is 1. The summed E-state index contributed by atoms with van der Waals surface area (Å²) >= 11 is 0. The first-order valence-electron chi connectivity index (χ1n) is 5.30. The maximum atomic E-state index is 13.7. The molecule has 0 aliphatic carbocycles. The highest BCUT2D eigenvalue weighted by Gasteiger charge is 2.14. The van der Waals surface area contributed by atoms with Gasteiger partial charge in [0.15, 0.2) is 11.6 Å². The van der Waals surface area contributed by atoms with E-state index >= 15 is 0 Å². The van der Waals surface area contributed by atoms with Crippen molar-refractivity contribution in [2.75, 3.05) is 32.6 Å². The molecule has 0 aliphatic rings. The molecule has 0 saturated heterocycles. The molecular formula is C11H16FN3O2. The van der Waals surface area contributed by atoms with Gasteiger partial charge in [0.2, 0.25) is 0 Å². The van der Waals surface area contributed by atoms with Gasteiger partial charge < -0.3 is 15.4 Å². The van der Waals surface area contributed by atoms with Crippen LogP contribution in [0.4, 0.5) is 10.2 Å². The summed E-state index contributed by atoms with van der Waals surface area (Å²) in [6, 6.07) is 1.35. The Bertz CT molecular complexity index is 385. The lowest BCUT2D eigenvalue weighted by Gasteiger charge is -2.07. The minimum Gasteiger partial charge on any atom is -0.385 e. The number of hydrogen-bond donors (Lipinski definition) is 2. The molecule has 1 rings (SSSR count). The molecule has 0 spiro atoms. The van der Waals surface area contributed by atoms with Gasteiger partial charge in [0.25, 0.3) is 5.91 Å². The molecule has 1 heterocycles. The lowest BCUT2D eigenvalue weighted by atomic mass is 10.2. The quantitative estimate of drug-likeness (QED) is 0.730. The van der Waals surface area contributed by atoms with E-state index < -0.39 is 11.7 Å². The third kappa shape index (κ3) is 3.67. The fourth-order valence-electron chi connectivity index (χ4n) is 1.31. The Morgan fingerprint density at radius 2 is 2.35 bits per heavy atom. The van der Waals surface area contributed by atoms with E-state index in [-0.39, 0.29) is 11.4 Å². The Kier molecular flexibility index (Phi) is 5.35. The fraction of sp³-hybridized carbons (Fsp3) is 0.455. The summed E-state index contributed by atoms with van der Waals surface area (Å²) in [4.78, 5) is 15.4. The summed E-state index contributed by atoms with van der Waals surface area (Å²) < 4.78 is 18.5. The number of amides is 1. The Hall–Kier alpha value is -1.69. The van der Waals surface area contributed by atoms with E-state index in [4.69, 9.17) is 4.74 Å². The van der Waals surface area contributed by atoms with E-state index in [9.17, 15) is 9.18 Å². The first-order chi connectivity index (χ1) is 8.20. The normalized spacial score (nSPS) is 10.1. The van der Waals surface area contributed by atoms with Crippen LogP contribution in [0.5, 0.6) is 0 Å². The molecular weight excluding hydrogens is 225 g/mol. The summed E-state index contributed by atoms with van der Waals surface area (Å²) in [5, 5.41) is 5.19. The average Bonchev–Trinajstić information content (AvgIpc) is 2.34. The Labute approximate surface area is 99.4 Å². The van der Waals surface area contributed by atoms with E-state index in [1.807, 2.05) is 0 Å². The predicted octanol–water partition coefficient (Wildman–Crippen LogP) is 1.03. The third-order valence-corrected chi connectivity index (χ3v) is 2.18. The molecule has 0 fully saturated rings. The van der Waals surface area contributed by atoms with E-state index in [2.05, 4.69) is 15.6 Å². The maximum absolute atomic E-state index is 13.7. The van der Waals surface area contributed by atoms with Gasteiger partial charge in [0.1, 0.15) is 0 Å². The number of hydrogen-bond acceptors (Lipinski definition) is 4. The van der Waals surface area contributed by atoms with Crippen LogP contribution in [-0.4, -0.2) is 38.2 Å². The molecule has 6 heteroatoms. The SMILES string of the molecule is CNc1nccc(C(=O)NCCCOC)c1F. The number of ether oxygens (including phenoxy) is 1. The van der Waals surface area contributed by atoms with Crippen molar-refractivity contribution in [3.63, 3.8) is 0 Å². The van der Waals surface area contributed by atoms with Crippen LogP contribution in [0.2, 0.25) is 0 Å². The Morgan fingerprint density at radius 3 is 3.00 bits per heavy atom. The zero-order valence-corrected chi connectivity index (χ0v) is 9.92. The number of methoxy groups -OCH3 is 1. The van der Waals surface area contributed by atoms with Gasteiger partial charge in [-0.15, -0.1) is 0 Å². The van der Waals surface area contributed by atoms with Crippen molar-refractivity contribution in [3.8, 4) is 0 Å². The molecule has 1 aromatic rings. The van der Waals surface area contributed by atoms with E-state index in [0.29, 0.717) is 19.6 Å². The number of halogens is 1. The number of carbonyl (C=O) groups is 1. The molecule has 1 aromatic heterocycles. The Morgan fingerprint density at radius 1 is 1.59 bits per heavy atom. The van der Waals surface area contributed by atoms with Crippen LogP contribution in [0, 0.1) is 5.82 Å². The van der Waals surface area contributed by atoms with Crippen molar-refractivity contribution < 1.29 is 13.9 Å². The minimum absolute atomic E-state index is 0.0123. The minimum atomic E-state index is -0.640. The molecule has 2 N–H and O–H groups in total. The van der Waals surface area contributed by atoms with Crippen LogP contribution in [0.15, 0.2) is 12.3 Å². The van der Waals surface area contributed by atoms with Gasteiger partial charge in [-0.05, 0) is 12.5 Å². The smallest absolute Gasteiger partial charge is 0.254 e. The van der Waals surface area contributed by atoms with Crippen LogP contribution in [-0.2, 0) is 4.74 Å². The second-order valence-electron chi connectivity index (χ2n) is 3.37. The van der Waals surface area contributed by atoms with Crippen molar-refractivity contribution in [1.29, 1.82) is 0 Å². The summed E-state index contributed by atoms with van der Waals surface area (Å²) in [5.41, 5.74) is -0.0123. The summed E-state index contributed by atoms with van der Waals surface area (Å²) in [6.07, 6.45) is 2.08. The van der Waals surface area contributed by atoms with Crippen molar-refractivity contribution >= 4 is 11.7 Å². The van der Waals surface area contributed by atoms with Gasteiger partial charge in [-0.3, -0.25) is 4.79 Å². The van der Waals surface area contributed by atoms with Crippen molar-refractivity contribution in [2.24, 2.45) is 0 Å². The maximum Gasteiger partial charge on any atom is 0.254 e. The van der Waals surface area contributed by atoms with Crippen molar-refractivity contribution in [3.05, 3.63) is 23.6 Å². The lowest BCUT2D eigenvalue weighted by Crippen LogP contribution is -2.26. The van der Waals surface area contributed by atoms with Crippen LogP contribution >= 0.6 is 0 Å². The zero-order valence-electron chi connectivity index (χ0n) is 9.92. The lowest BCUT2D eigenvalue weighted by molar-refractivity contribution is 0.0944. The molecule has 0 saturated carbocycles. The molecule has 0 unspecified atom stereocenters. The standard InChI is InChI=1S/C11H16FN3O2/c1-13-10-9(12)8(4-6-14-10)11(16)15-5-3-7-17-2/h4,6H,3,5,7H2,1-2H3,(H,13,14)(H,15,16). The van der Waals surface area contributed by atoms with Gasteiger partial charge in [-0.1, -0.05) is 0 Å². The molecule has 94 valence electrons. The molecule has 0 atom stereocenters. The summed E-state index contributed by atoms with van der Waals surface area (Å²) in [6.45, 7) is 1.00. The van der Waals surface area contributed by atoms with Gasteiger partial charge >= 0.3 is 0 Å². The van der Waals surface area contributed by atoms with Gasteiger partial charge in [0, 0.05) is 33.5 Å². The van der Waals surface area contributed by atoms with Crippen LogP contribution in [0.3, 0.4) is 0 Å². The highest BCUT2D eigenvalue weighted by Crippen LogP contribution is 2.13. The summed E-state index contributed by atoms with van der Waals surface area (Å²) in [7, 11) is 3.13. The zero-order chi connectivity index (χ0) is 12.7. The number of rotatable bonds is 6. The molecule has 0 aliphatic heterocycles. The van der Waals surface area contributed by atoms with Gasteiger partial charge in [-0.25, -0.2) is 9.37 Å². The topological polar surface area (TPSA) is 63.2 Å². The highest BCUT2D eigenvalue weighted by molar-refractivity contribution is 5.95. The van der Waals surface area contributed by atoms with Crippen LogP contribution in [0.25, 0.3) is 0 Å². The number of pyridine rings is 1. The van der Waals surface area contributed by atoms with Gasteiger partial charge in [-0.2, -0.15) is 0 Å². The molecule has 0 radical (unpaired) electrons. The molecule has 0 bridgehead atoms. The number of nitrogens with one attached hydrogen (secondary N) is 2. The second kappa shape index (κ2) is 6.80. The molecule has 17 heavy (non-hydrogen) atoms. The van der Waals surface area contributed by atoms with E-state index in [0.717, 1.165) is 0 Å². The predicted molar refractivity (Wildman–Crippen MR) is 62.6 cm³/mol. The number of anilines is 1. The monoisotopic (exact) mass is 241 g/mol. The first kappa shape index (κ1) is 13.4. The fourth-order valence-corrected chi connectivity index (χ4v) is 1.31. The highest BCUT2D eigenvalue weighted by atomic mass is 19.1. The second-order valence-corrected chi connectivity index (χ2v) is 3.37. The molecule has 0 aromatic carbocycles. The average molecular weight is 241 g/mol. The Balaban J connectivity index is 2.62. The molecule has 5 nitrogen and oxygen atoms in total. The molecule has 1 amide bonds. The van der Waals surface area contributed by atoms with Crippen LogP contribution in [0.1, 0.15) is 16.8 Å². The van der Waals surface area contributed by atoms with Crippen molar-refractivity contribution in [2.45, 2.75) is 6.42 Å².